The van der Waals surface area contributed by atoms with Gasteiger partial charge in [-0.3, -0.25) is 14.4 Å². The van der Waals surface area contributed by atoms with Gasteiger partial charge in [0.2, 0.25) is 11.8 Å². The summed E-state index contributed by atoms with van der Waals surface area (Å²) in [5.74, 6) is 0.416. The maximum atomic E-state index is 13.0. The van der Waals surface area contributed by atoms with Crippen molar-refractivity contribution < 1.29 is 14.4 Å². The largest absolute Gasteiger partial charge is 0.339 e. The summed E-state index contributed by atoms with van der Waals surface area (Å²) in [4.78, 5) is 42.0. The predicted molar refractivity (Wildman–Crippen MR) is 101 cm³/mol. The number of benzene rings is 1. The number of hydrogen-bond acceptors (Lipinski definition) is 3. The summed E-state index contributed by atoms with van der Waals surface area (Å²) in [7, 11) is 0. The topological polar surface area (TPSA) is 57.7 Å². The second-order valence-corrected chi connectivity index (χ2v) is 8.54. The average Bonchev–Trinajstić information content (AvgIpc) is 3.36. The molecule has 3 fully saturated rings. The molecule has 0 aromatic heterocycles. The van der Waals surface area contributed by atoms with E-state index in [1.165, 1.54) is 4.90 Å². The lowest BCUT2D eigenvalue weighted by molar-refractivity contribution is -0.123. The zero-order valence-corrected chi connectivity index (χ0v) is 15.5. The third-order valence-electron chi connectivity index (χ3n) is 6.89. The van der Waals surface area contributed by atoms with Gasteiger partial charge in [0.25, 0.3) is 5.91 Å². The molecule has 4 atom stereocenters. The molecule has 27 heavy (non-hydrogen) atoms. The summed E-state index contributed by atoms with van der Waals surface area (Å²) in [5, 5.41) is 0. The van der Waals surface area contributed by atoms with E-state index in [2.05, 4.69) is 19.1 Å². The molecule has 3 amide bonds. The molecule has 0 radical (unpaired) electrons. The van der Waals surface area contributed by atoms with E-state index in [1.807, 2.05) is 4.90 Å². The van der Waals surface area contributed by atoms with Crippen molar-refractivity contribution in [1.29, 1.82) is 0 Å². The van der Waals surface area contributed by atoms with Gasteiger partial charge in [0.1, 0.15) is 0 Å². The van der Waals surface area contributed by atoms with Crippen molar-refractivity contribution in [1.82, 2.24) is 4.90 Å². The summed E-state index contributed by atoms with van der Waals surface area (Å²) in [6.07, 6.45) is 7.16. The van der Waals surface area contributed by atoms with Crippen LogP contribution in [0, 0.1) is 29.6 Å². The van der Waals surface area contributed by atoms with Gasteiger partial charge in [-0.1, -0.05) is 25.1 Å². The highest BCUT2D eigenvalue weighted by molar-refractivity contribution is 6.23. The number of anilines is 1. The Kier molecular flexibility index (Phi) is 3.74. The fraction of sp³-hybridized carbons (Fsp3) is 0.500. The van der Waals surface area contributed by atoms with Crippen molar-refractivity contribution in [2.45, 2.75) is 26.2 Å². The minimum atomic E-state index is -0.213. The first kappa shape index (κ1) is 16.7. The quantitative estimate of drug-likeness (QED) is 0.599. The molecule has 4 aliphatic rings. The number of imide groups is 1. The number of amides is 3. The number of allylic oxidation sites excluding steroid dienone is 2. The van der Waals surface area contributed by atoms with E-state index in [4.69, 9.17) is 0 Å². The lowest BCUT2D eigenvalue weighted by Crippen LogP contribution is -2.38. The molecule has 0 spiro atoms. The zero-order valence-electron chi connectivity index (χ0n) is 15.5. The van der Waals surface area contributed by atoms with Crippen molar-refractivity contribution in [3.05, 3.63) is 42.0 Å². The average molecular weight is 364 g/mol. The van der Waals surface area contributed by atoms with Crippen LogP contribution in [0.2, 0.25) is 0 Å². The van der Waals surface area contributed by atoms with Crippen molar-refractivity contribution in [3.8, 4) is 0 Å². The molecular formula is C22H24N2O3. The third-order valence-corrected chi connectivity index (χ3v) is 6.89. The van der Waals surface area contributed by atoms with Crippen LogP contribution in [-0.4, -0.2) is 35.7 Å². The monoisotopic (exact) mass is 364 g/mol. The van der Waals surface area contributed by atoms with Gasteiger partial charge in [0, 0.05) is 18.7 Å². The SMILES string of the molecule is CC1CCN(C(=O)c2cccc(N3C(=O)[C@@H]4[C@H](C3=O)[C@@H]3C=C[C@@H]4C3)c2)CC1. The second kappa shape index (κ2) is 6.04. The van der Waals surface area contributed by atoms with Crippen LogP contribution in [0.1, 0.15) is 36.5 Å². The molecular weight excluding hydrogens is 340 g/mol. The highest BCUT2D eigenvalue weighted by Crippen LogP contribution is 2.53. The zero-order chi connectivity index (χ0) is 18.7. The first-order valence-corrected chi connectivity index (χ1v) is 10.00. The first-order chi connectivity index (χ1) is 13.0. The molecule has 5 nitrogen and oxygen atoms in total. The van der Waals surface area contributed by atoms with Gasteiger partial charge in [-0.25, -0.2) is 4.90 Å². The number of fused-ring (bicyclic) bond motifs is 5. The molecule has 2 heterocycles. The molecule has 2 bridgehead atoms. The van der Waals surface area contributed by atoms with E-state index in [0.717, 1.165) is 32.4 Å². The molecule has 2 aliphatic carbocycles. The van der Waals surface area contributed by atoms with E-state index < -0.39 is 0 Å². The smallest absolute Gasteiger partial charge is 0.253 e. The summed E-state index contributed by atoms with van der Waals surface area (Å²) >= 11 is 0. The normalized spacial score (nSPS) is 32.5. The number of likely N-dealkylation sites (tertiary alicyclic amines) is 1. The van der Waals surface area contributed by atoms with E-state index >= 15 is 0 Å². The van der Waals surface area contributed by atoms with Gasteiger partial charge in [-0.15, -0.1) is 0 Å². The Labute approximate surface area is 159 Å². The third kappa shape index (κ3) is 2.47. The Morgan fingerprint density at radius 2 is 1.63 bits per heavy atom. The Morgan fingerprint density at radius 3 is 2.26 bits per heavy atom. The molecule has 0 N–H and O–H groups in total. The van der Waals surface area contributed by atoms with Crippen LogP contribution >= 0.6 is 0 Å². The fourth-order valence-electron chi connectivity index (χ4n) is 5.33. The molecule has 5 heteroatoms. The summed E-state index contributed by atoms with van der Waals surface area (Å²) < 4.78 is 0. The minimum absolute atomic E-state index is 0.00947. The number of carbonyl (C=O) groups excluding carboxylic acids is 3. The van der Waals surface area contributed by atoms with Crippen molar-refractivity contribution in [2.75, 3.05) is 18.0 Å². The van der Waals surface area contributed by atoms with Crippen LogP contribution in [-0.2, 0) is 9.59 Å². The van der Waals surface area contributed by atoms with Gasteiger partial charge in [0.05, 0.1) is 17.5 Å². The van der Waals surface area contributed by atoms with Crippen LogP contribution < -0.4 is 4.90 Å². The second-order valence-electron chi connectivity index (χ2n) is 8.54. The molecule has 140 valence electrons. The summed E-state index contributed by atoms with van der Waals surface area (Å²) in [5.41, 5.74) is 1.09. The number of piperidine rings is 1. The van der Waals surface area contributed by atoms with Gasteiger partial charge >= 0.3 is 0 Å². The van der Waals surface area contributed by atoms with Gasteiger partial charge < -0.3 is 4.90 Å². The first-order valence-electron chi connectivity index (χ1n) is 10.00. The lowest BCUT2D eigenvalue weighted by Gasteiger charge is -2.30. The summed E-state index contributed by atoms with van der Waals surface area (Å²) in [6.45, 7) is 3.75. The molecule has 1 aromatic carbocycles. The van der Waals surface area contributed by atoms with Crippen LogP contribution in [0.3, 0.4) is 0 Å². The number of rotatable bonds is 2. The molecule has 5 rings (SSSR count). The fourth-order valence-corrected chi connectivity index (χ4v) is 5.33. The van der Waals surface area contributed by atoms with Crippen LogP contribution in [0.25, 0.3) is 0 Å². The highest BCUT2D eigenvalue weighted by Gasteiger charge is 2.59. The Balaban J connectivity index is 1.41. The number of hydrogen-bond donors (Lipinski definition) is 0. The Bertz CT molecular complexity index is 823. The van der Waals surface area contributed by atoms with Crippen molar-refractivity contribution in [2.24, 2.45) is 29.6 Å². The van der Waals surface area contributed by atoms with E-state index in [1.54, 1.807) is 24.3 Å². The molecule has 1 aromatic rings. The van der Waals surface area contributed by atoms with Gasteiger partial charge in [-0.2, -0.15) is 0 Å². The van der Waals surface area contributed by atoms with Gasteiger partial charge in [-0.05, 0) is 55.2 Å². The highest BCUT2D eigenvalue weighted by atomic mass is 16.2. The van der Waals surface area contributed by atoms with Crippen molar-refractivity contribution >= 4 is 23.4 Å². The molecule has 2 saturated heterocycles. The number of carbonyl (C=O) groups is 3. The Morgan fingerprint density at radius 1 is 1.00 bits per heavy atom. The van der Waals surface area contributed by atoms with Crippen molar-refractivity contribution in [3.63, 3.8) is 0 Å². The minimum Gasteiger partial charge on any atom is -0.339 e. The van der Waals surface area contributed by atoms with Crippen LogP contribution in [0.5, 0.6) is 0 Å². The standard InChI is InChI=1S/C22H24N2O3/c1-13-7-9-23(10-8-13)20(25)16-3-2-4-17(12-16)24-21(26)18-14-5-6-15(11-14)19(18)22(24)27/h2-6,12-15,18-19H,7-11H2,1H3/t14-,15-,18-,19+/m1/s1. The predicted octanol–water partition coefficient (Wildman–Crippen LogP) is 2.87. The van der Waals surface area contributed by atoms with Crippen LogP contribution in [0.4, 0.5) is 5.69 Å². The van der Waals surface area contributed by atoms with Gasteiger partial charge in [0.15, 0.2) is 0 Å². The Hall–Kier alpha value is -2.43. The lowest BCUT2D eigenvalue weighted by atomic mass is 9.85. The van der Waals surface area contributed by atoms with E-state index in [-0.39, 0.29) is 41.4 Å². The molecule has 0 unspecified atom stereocenters. The number of nitrogens with zero attached hydrogens (tertiary/aromatic N) is 2. The van der Waals surface area contributed by atoms with Crippen LogP contribution in [0.15, 0.2) is 36.4 Å². The molecule has 2 aliphatic heterocycles. The maximum Gasteiger partial charge on any atom is 0.253 e. The molecule has 1 saturated carbocycles. The van der Waals surface area contributed by atoms with E-state index in [9.17, 15) is 14.4 Å². The summed E-state index contributed by atoms with van der Waals surface area (Å²) in [6, 6.07) is 7.03. The van der Waals surface area contributed by atoms with E-state index in [0.29, 0.717) is 17.2 Å². The maximum absolute atomic E-state index is 13.0.